The minimum Gasteiger partial charge on any atom is -0.205 e. The van der Waals surface area contributed by atoms with Crippen molar-refractivity contribution in [2.45, 2.75) is 6.92 Å². The van der Waals surface area contributed by atoms with Gasteiger partial charge in [-0.05, 0) is 43.3 Å². The molecule has 0 spiro atoms. The molecule has 9 heavy (non-hydrogen) atoms. The number of rotatable bonds is 0. The van der Waals surface area contributed by atoms with E-state index in [0.717, 1.165) is 3.81 Å². The fraction of sp³-hybridized carbons (Fsp3) is 0.200. The number of hydrogen-bond donors (Lipinski definition) is 0. The summed E-state index contributed by atoms with van der Waals surface area (Å²) in [4.78, 5) is 0. The molecule has 1 heterocycles. The molecule has 1 atom stereocenters. The van der Waals surface area contributed by atoms with Gasteiger partial charge in [-0.15, -0.1) is 0 Å². The third-order valence-electron chi connectivity index (χ3n) is 1.00. The third kappa shape index (κ3) is 1.42. The summed E-state index contributed by atoms with van der Waals surface area (Å²) >= 11 is 3.34. The molecule has 0 N–H and O–H groups in total. The Morgan fingerprint density at radius 2 is 2.44 bits per heavy atom. The maximum absolute atomic E-state index is 10.3. The zero-order valence-electron chi connectivity index (χ0n) is 4.76. The van der Waals surface area contributed by atoms with Gasteiger partial charge in [0, 0.05) is 0 Å². The van der Waals surface area contributed by atoms with Gasteiger partial charge in [-0.1, -0.05) is 6.08 Å². The average Bonchev–Trinajstić information content (AvgIpc) is 2.15. The van der Waals surface area contributed by atoms with Crippen molar-refractivity contribution >= 4 is 35.6 Å². The van der Waals surface area contributed by atoms with Gasteiger partial charge in [-0.3, -0.25) is 0 Å². The highest BCUT2D eigenvalue weighted by Crippen LogP contribution is 2.24. The molecule has 0 radical (unpaired) electrons. The van der Waals surface area contributed by atoms with Crippen molar-refractivity contribution in [1.29, 1.82) is 0 Å². The van der Waals surface area contributed by atoms with E-state index < -0.39 is 0 Å². The maximum atomic E-state index is 10.3. The van der Waals surface area contributed by atoms with Gasteiger partial charge in [0.2, 0.25) is 0 Å². The Hall–Kier alpha value is 0.330. The predicted octanol–water partition coefficient (Wildman–Crippen LogP) is 1.89. The summed E-state index contributed by atoms with van der Waals surface area (Å²) in [5, 5.41) is 1.93. The normalized spacial score (nSPS) is 25.3. The first-order valence-corrected chi connectivity index (χ1v) is 5.67. The molecule has 0 fully saturated rings. The molecule has 1 nitrogen and oxygen atoms in total. The van der Waals surface area contributed by atoms with Gasteiger partial charge in [0.05, 0.1) is 3.81 Å². The fourth-order valence-corrected chi connectivity index (χ4v) is 3.26. The molecule has 0 bridgehead atoms. The molecule has 0 aromatic carbocycles. The zero-order chi connectivity index (χ0) is 6.85. The van der Waals surface area contributed by atoms with Crippen LogP contribution >= 0.6 is 15.9 Å². The van der Waals surface area contributed by atoms with Crippen LogP contribution in [0, 0.1) is 0 Å². The van der Waals surface area contributed by atoms with Crippen LogP contribution in [0.25, 0.3) is 0 Å². The first-order valence-electron chi connectivity index (χ1n) is 2.33. The smallest absolute Gasteiger partial charge is 0.130 e. The SMILES string of the molecule is CC1=C(Br)S(=S=O)C=C1. The third-order valence-corrected chi connectivity index (χ3v) is 5.79. The molecule has 0 saturated heterocycles. The molecule has 0 aliphatic carbocycles. The Kier molecular flexibility index (Phi) is 2.43. The number of allylic oxidation sites excluding steroid dienone is 2. The standard InChI is InChI=1S/C5H5BrOS2/c1-4-2-3-9(8-7)5(4)6/h2-3H,1H3. The Morgan fingerprint density at radius 1 is 1.78 bits per heavy atom. The molecule has 1 aliphatic rings. The van der Waals surface area contributed by atoms with Crippen LogP contribution in [-0.2, 0) is 19.7 Å². The Labute approximate surface area is 67.6 Å². The lowest BCUT2D eigenvalue weighted by atomic mass is 10.4. The molecular formula is C5H5BrOS2. The highest BCUT2D eigenvalue weighted by Gasteiger charge is 2.06. The molecule has 1 rings (SSSR count). The second-order valence-corrected chi connectivity index (χ2v) is 5.84. The highest BCUT2D eigenvalue weighted by molar-refractivity contribution is 9.14. The van der Waals surface area contributed by atoms with E-state index in [1.807, 2.05) is 18.4 Å². The van der Waals surface area contributed by atoms with Crippen LogP contribution in [-0.4, -0.2) is 4.21 Å². The van der Waals surface area contributed by atoms with Crippen molar-refractivity contribution < 1.29 is 4.21 Å². The van der Waals surface area contributed by atoms with Crippen molar-refractivity contribution in [3.63, 3.8) is 0 Å². The van der Waals surface area contributed by atoms with Crippen LogP contribution < -0.4 is 0 Å². The molecule has 4 heteroatoms. The summed E-state index contributed by atoms with van der Waals surface area (Å²) in [6.07, 6.45) is 1.97. The summed E-state index contributed by atoms with van der Waals surface area (Å²) < 4.78 is 11.3. The quantitative estimate of drug-likeness (QED) is 0.615. The summed E-state index contributed by atoms with van der Waals surface area (Å²) in [6, 6.07) is 0. The van der Waals surface area contributed by atoms with Crippen molar-refractivity contribution in [1.82, 2.24) is 0 Å². The van der Waals surface area contributed by atoms with E-state index in [4.69, 9.17) is 0 Å². The molecule has 0 amide bonds. The lowest BCUT2D eigenvalue weighted by Crippen LogP contribution is -1.75. The lowest BCUT2D eigenvalue weighted by molar-refractivity contribution is 0.701. The monoisotopic (exact) mass is 224 g/mol. The van der Waals surface area contributed by atoms with Gasteiger partial charge in [-0.2, -0.15) is 0 Å². The van der Waals surface area contributed by atoms with E-state index in [1.165, 1.54) is 5.57 Å². The lowest BCUT2D eigenvalue weighted by Gasteiger charge is -1.88. The molecular weight excluding hydrogens is 220 g/mol. The molecule has 1 unspecified atom stereocenters. The Bertz CT molecular complexity index is 248. The van der Waals surface area contributed by atoms with Gasteiger partial charge in [0.1, 0.15) is 10.2 Å². The van der Waals surface area contributed by atoms with Crippen LogP contribution in [0.1, 0.15) is 6.92 Å². The first kappa shape index (κ1) is 7.44. The van der Waals surface area contributed by atoms with Crippen LogP contribution in [0.4, 0.5) is 0 Å². The van der Waals surface area contributed by atoms with Crippen molar-refractivity contribution in [3.05, 3.63) is 20.9 Å². The summed E-state index contributed by atoms with van der Waals surface area (Å²) in [7, 11) is 0.398. The fourth-order valence-electron chi connectivity index (χ4n) is 0.500. The second-order valence-electron chi connectivity index (χ2n) is 1.62. The van der Waals surface area contributed by atoms with Gasteiger partial charge >= 0.3 is 0 Å². The molecule has 0 aromatic rings. The van der Waals surface area contributed by atoms with Gasteiger partial charge in [0.25, 0.3) is 0 Å². The zero-order valence-corrected chi connectivity index (χ0v) is 7.98. The van der Waals surface area contributed by atoms with E-state index in [1.54, 1.807) is 0 Å². The van der Waals surface area contributed by atoms with Crippen LogP contribution in [0.2, 0.25) is 0 Å². The van der Waals surface area contributed by atoms with Crippen molar-refractivity contribution in [2.75, 3.05) is 0 Å². The van der Waals surface area contributed by atoms with E-state index in [-0.39, 0.29) is 9.45 Å². The topological polar surface area (TPSA) is 17.1 Å². The highest BCUT2D eigenvalue weighted by atomic mass is 79.9. The molecule has 1 aliphatic heterocycles. The molecule has 50 valence electrons. The minimum atomic E-state index is -0.232. The van der Waals surface area contributed by atoms with Gasteiger partial charge in [-0.25, -0.2) is 4.21 Å². The summed E-state index contributed by atoms with van der Waals surface area (Å²) in [5.74, 6) is 0. The van der Waals surface area contributed by atoms with Crippen LogP contribution in [0.5, 0.6) is 0 Å². The Morgan fingerprint density at radius 3 is 2.67 bits per heavy atom. The van der Waals surface area contributed by atoms with Crippen LogP contribution in [0.15, 0.2) is 20.9 Å². The maximum Gasteiger partial charge on any atom is 0.130 e. The summed E-state index contributed by atoms with van der Waals surface area (Å²) in [5.41, 5.74) is 1.17. The van der Waals surface area contributed by atoms with Crippen molar-refractivity contribution in [2.24, 2.45) is 0 Å². The predicted molar refractivity (Wildman–Crippen MR) is 46.3 cm³/mol. The number of halogens is 1. The van der Waals surface area contributed by atoms with Gasteiger partial charge in [0.15, 0.2) is 0 Å². The second kappa shape index (κ2) is 2.94. The average molecular weight is 225 g/mol. The Balaban J connectivity index is 3.15. The largest absolute Gasteiger partial charge is 0.205 e. The first-order chi connectivity index (χ1) is 4.25. The molecule has 0 saturated carbocycles. The van der Waals surface area contributed by atoms with Crippen molar-refractivity contribution in [3.8, 4) is 0 Å². The van der Waals surface area contributed by atoms with E-state index in [2.05, 4.69) is 15.9 Å². The van der Waals surface area contributed by atoms with E-state index in [9.17, 15) is 4.21 Å². The number of hydrogen-bond acceptors (Lipinski definition) is 1. The van der Waals surface area contributed by atoms with E-state index in [0.29, 0.717) is 10.2 Å². The summed E-state index contributed by atoms with van der Waals surface area (Å²) in [6.45, 7) is 1.99. The molecule has 0 aromatic heterocycles. The minimum absolute atomic E-state index is 0.232. The van der Waals surface area contributed by atoms with Crippen LogP contribution in [0.3, 0.4) is 0 Å². The van der Waals surface area contributed by atoms with Gasteiger partial charge < -0.3 is 0 Å². The van der Waals surface area contributed by atoms with E-state index >= 15 is 0 Å².